The molecule has 3 N–H and O–H groups in total. The van der Waals surface area contributed by atoms with Gasteiger partial charge in [0.15, 0.2) is 0 Å². The van der Waals surface area contributed by atoms with Crippen LogP contribution in [0.5, 0.6) is 0 Å². The summed E-state index contributed by atoms with van der Waals surface area (Å²) in [5.41, 5.74) is 7.65. The SMILES string of the molecule is CC(NC1(CN)CCN2CCCC2C1)c1ccccc1. The van der Waals surface area contributed by atoms with Crippen LogP contribution < -0.4 is 11.1 Å². The maximum absolute atomic E-state index is 6.17. The molecule has 0 spiro atoms. The number of nitrogens with zero attached hydrogens (tertiary/aromatic N) is 1. The molecule has 110 valence electrons. The standard InChI is InChI=1S/C17H27N3/c1-14(15-6-3-2-4-7-15)19-17(13-18)9-11-20-10-5-8-16(20)12-17/h2-4,6-7,14,16,19H,5,8-13,18H2,1H3. The fraction of sp³-hybridized carbons (Fsp3) is 0.647. The minimum atomic E-state index is 0.126. The number of nitrogens with two attached hydrogens (primary N) is 1. The van der Waals surface area contributed by atoms with Crippen molar-refractivity contribution in [2.24, 2.45) is 5.73 Å². The van der Waals surface area contributed by atoms with Crippen molar-refractivity contribution in [2.75, 3.05) is 19.6 Å². The largest absolute Gasteiger partial charge is 0.329 e. The first-order valence-electron chi connectivity index (χ1n) is 7.99. The highest BCUT2D eigenvalue weighted by Crippen LogP contribution is 2.34. The number of benzene rings is 1. The Labute approximate surface area is 122 Å². The highest BCUT2D eigenvalue weighted by Gasteiger charge is 2.41. The quantitative estimate of drug-likeness (QED) is 0.884. The number of hydrogen-bond donors (Lipinski definition) is 2. The zero-order chi connectivity index (χ0) is 14.0. The molecule has 0 radical (unpaired) electrons. The Bertz CT molecular complexity index is 433. The molecule has 2 fully saturated rings. The van der Waals surface area contributed by atoms with Gasteiger partial charge >= 0.3 is 0 Å². The molecule has 3 nitrogen and oxygen atoms in total. The van der Waals surface area contributed by atoms with E-state index in [1.807, 2.05) is 0 Å². The second-order valence-electron chi connectivity index (χ2n) is 6.55. The average molecular weight is 273 g/mol. The van der Waals surface area contributed by atoms with E-state index in [1.54, 1.807) is 0 Å². The number of hydrogen-bond acceptors (Lipinski definition) is 3. The molecular formula is C17H27N3. The second kappa shape index (κ2) is 5.84. The number of nitrogens with one attached hydrogen (secondary N) is 1. The molecule has 1 aromatic rings. The molecule has 2 saturated heterocycles. The van der Waals surface area contributed by atoms with Gasteiger partial charge in [0.05, 0.1) is 0 Å². The van der Waals surface area contributed by atoms with Gasteiger partial charge in [-0.25, -0.2) is 0 Å². The van der Waals surface area contributed by atoms with Crippen LogP contribution in [0.2, 0.25) is 0 Å². The predicted molar refractivity (Wildman–Crippen MR) is 83.6 cm³/mol. The molecule has 0 amide bonds. The van der Waals surface area contributed by atoms with Crippen molar-refractivity contribution >= 4 is 0 Å². The predicted octanol–water partition coefficient (Wildman–Crippen LogP) is 2.29. The topological polar surface area (TPSA) is 41.3 Å². The smallest absolute Gasteiger partial charge is 0.0336 e. The Hall–Kier alpha value is -0.900. The molecule has 2 aliphatic rings. The first-order valence-corrected chi connectivity index (χ1v) is 7.99. The molecule has 1 aromatic carbocycles. The van der Waals surface area contributed by atoms with E-state index in [1.165, 1.54) is 44.3 Å². The van der Waals surface area contributed by atoms with Crippen LogP contribution in [0.3, 0.4) is 0 Å². The Balaban J connectivity index is 1.70. The van der Waals surface area contributed by atoms with Crippen molar-refractivity contribution in [2.45, 2.75) is 50.2 Å². The van der Waals surface area contributed by atoms with Crippen LogP contribution in [0.4, 0.5) is 0 Å². The van der Waals surface area contributed by atoms with Crippen molar-refractivity contribution in [1.82, 2.24) is 10.2 Å². The number of fused-ring (bicyclic) bond motifs is 1. The van der Waals surface area contributed by atoms with E-state index in [4.69, 9.17) is 5.73 Å². The monoisotopic (exact) mass is 273 g/mol. The highest BCUT2D eigenvalue weighted by molar-refractivity contribution is 5.19. The lowest BCUT2D eigenvalue weighted by atomic mass is 9.82. The zero-order valence-corrected chi connectivity index (χ0v) is 12.5. The molecule has 3 heteroatoms. The maximum atomic E-state index is 6.17. The molecule has 0 bridgehead atoms. The van der Waals surface area contributed by atoms with Gasteiger partial charge in [0.1, 0.15) is 0 Å². The van der Waals surface area contributed by atoms with Gasteiger partial charge in [-0.15, -0.1) is 0 Å². The third kappa shape index (κ3) is 2.76. The number of rotatable bonds is 4. The van der Waals surface area contributed by atoms with Crippen molar-refractivity contribution in [1.29, 1.82) is 0 Å². The molecule has 20 heavy (non-hydrogen) atoms. The Morgan fingerprint density at radius 1 is 1.35 bits per heavy atom. The van der Waals surface area contributed by atoms with Gasteiger partial charge in [-0.2, -0.15) is 0 Å². The van der Waals surface area contributed by atoms with E-state index in [0.717, 1.165) is 12.6 Å². The lowest BCUT2D eigenvalue weighted by Gasteiger charge is -2.45. The van der Waals surface area contributed by atoms with Crippen LogP contribution in [-0.4, -0.2) is 36.1 Å². The van der Waals surface area contributed by atoms with E-state index < -0.39 is 0 Å². The summed E-state index contributed by atoms with van der Waals surface area (Å²) in [5, 5.41) is 3.86. The van der Waals surface area contributed by atoms with Crippen LogP contribution in [0.1, 0.15) is 44.2 Å². The minimum Gasteiger partial charge on any atom is -0.329 e. The maximum Gasteiger partial charge on any atom is 0.0336 e. The van der Waals surface area contributed by atoms with Gasteiger partial charge in [0, 0.05) is 30.7 Å². The molecule has 3 atom stereocenters. The van der Waals surface area contributed by atoms with E-state index in [9.17, 15) is 0 Å². The van der Waals surface area contributed by atoms with Crippen LogP contribution in [0, 0.1) is 0 Å². The van der Waals surface area contributed by atoms with Crippen LogP contribution in [0.25, 0.3) is 0 Å². The van der Waals surface area contributed by atoms with Gasteiger partial charge in [-0.1, -0.05) is 30.3 Å². The first-order chi connectivity index (χ1) is 9.72. The van der Waals surface area contributed by atoms with Crippen molar-refractivity contribution in [3.05, 3.63) is 35.9 Å². The van der Waals surface area contributed by atoms with Gasteiger partial charge in [0.25, 0.3) is 0 Å². The van der Waals surface area contributed by atoms with E-state index in [2.05, 4.69) is 47.5 Å². The highest BCUT2D eigenvalue weighted by atomic mass is 15.2. The fourth-order valence-electron chi connectivity index (χ4n) is 3.99. The van der Waals surface area contributed by atoms with Crippen molar-refractivity contribution < 1.29 is 0 Å². The van der Waals surface area contributed by atoms with Gasteiger partial charge in [-0.3, -0.25) is 0 Å². The summed E-state index contributed by atoms with van der Waals surface area (Å²) in [7, 11) is 0. The zero-order valence-electron chi connectivity index (χ0n) is 12.5. The van der Waals surface area contributed by atoms with Crippen molar-refractivity contribution in [3.8, 4) is 0 Å². The molecule has 0 aliphatic carbocycles. The van der Waals surface area contributed by atoms with Crippen LogP contribution >= 0.6 is 0 Å². The summed E-state index contributed by atoms with van der Waals surface area (Å²) in [4.78, 5) is 2.66. The Morgan fingerprint density at radius 2 is 2.15 bits per heavy atom. The van der Waals surface area contributed by atoms with Gasteiger partial charge in [-0.05, 0) is 44.7 Å². The summed E-state index contributed by atoms with van der Waals surface area (Å²) in [6, 6.07) is 11.8. The molecule has 2 heterocycles. The minimum absolute atomic E-state index is 0.126. The lowest BCUT2D eigenvalue weighted by Crippen LogP contribution is -2.59. The molecule has 3 rings (SSSR count). The molecule has 2 aliphatic heterocycles. The summed E-state index contributed by atoms with van der Waals surface area (Å²) < 4.78 is 0. The molecule has 3 unspecified atom stereocenters. The van der Waals surface area contributed by atoms with Crippen LogP contribution in [-0.2, 0) is 0 Å². The number of piperidine rings is 1. The first kappa shape index (κ1) is 14.1. The molecule has 0 aromatic heterocycles. The summed E-state index contributed by atoms with van der Waals surface area (Å²) >= 11 is 0. The molecule has 0 saturated carbocycles. The van der Waals surface area contributed by atoms with E-state index >= 15 is 0 Å². The normalized spacial score (nSPS) is 32.0. The van der Waals surface area contributed by atoms with E-state index in [-0.39, 0.29) is 5.54 Å². The molecular weight excluding hydrogens is 246 g/mol. The average Bonchev–Trinajstić information content (AvgIpc) is 2.95. The fourth-order valence-corrected chi connectivity index (χ4v) is 3.99. The van der Waals surface area contributed by atoms with Crippen LogP contribution in [0.15, 0.2) is 30.3 Å². The third-order valence-electron chi connectivity index (χ3n) is 5.22. The third-order valence-corrected chi connectivity index (χ3v) is 5.22. The Morgan fingerprint density at radius 3 is 2.90 bits per heavy atom. The summed E-state index contributed by atoms with van der Waals surface area (Å²) in [6.07, 6.45) is 5.10. The van der Waals surface area contributed by atoms with Gasteiger partial charge < -0.3 is 16.0 Å². The van der Waals surface area contributed by atoms with Gasteiger partial charge in [0.2, 0.25) is 0 Å². The second-order valence-corrected chi connectivity index (χ2v) is 6.55. The summed E-state index contributed by atoms with van der Waals surface area (Å²) in [6.45, 7) is 5.50. The van der Waals surface area contributed by atoms with Crippen molar-refractivity contribution in [3.63, 3.8) is 0 Å². The Kier molecular flexibility index (Phi) is 4.11. The summed E-state index contributed by atoms with van der Waals surface area (Å²) in [5.74, 6) is 0. The lowest BCUT2D eigenvalue weighted by molar-refractivity contribution is 0.103. The van der Waals surface area contributed by atoms with E-state index in [0.29, 0.717) is 6.04 Å².